The monoisotopic (exact) mass is 280 g/mol. The van der Waals surface area contributed by atoms with E-state index in [9.17, 15) is 17.8 Å². The van der Waals surface area contributed by atoms with Crippen LogP contribution in [0.3, 0.4) is 0 Å². The standard InChI is InChI=1S/C14H10F2O2S/c15-11-5-3-4-10(8-11)13(17)9-19(18)14-7-2-1-6-12(14)16/h1-8H,9H2. The van der Waals surface area contributed by atoms with Crippen LogP contribution in [-0.4, -0.2) is 15.7 Å². The van der Waals surface area contributed by atoms with Crippen LogP contribution in [0.1, 0.15) is 10.4 Å². The maximum absolute atomic E-state index is 13.4. The average Bonchev–Trinajstić information content (AvgIpc) is 2.39. The highest BCUT2D eigenvalue weighted by atomic mass is 32.2. The van der Waals surface area contributed by atoms with Crippen molar-refractivity contribution in [2.24, 2.45) is 0 Å². The average molecular weight is 280 g/mol. The van der Waals surface area contributed by atoms with E-state index in [0.29, 0.717) is 0 Å². The molecular weight excluding hydrogens is 270 g/mol. The van der Waals surface area contributed by atoms with Crippen molar-refractivity contribution in [1.29, 1.82) is 0 Å². The topological polar surface area (TPSA) is 34.1 Å². The zero-order chi connectivity index (χ0) is 13.8. The van der Waals surface area contributed by atoms with Crippen LogP contribution in [0, 0.1) is 11.6 Å². The van der Waals surface area contributed by atoms with Gasteiger partial charge >= 0.3 is 0 Å². The molecule has 5 heteroatoms. The maximum Gasteiger partial charge on any atom is 0.175 e. The van der Waals surface area contributed by atoms with Gasteiger partial charge in [0, 0.05) is 5.56 Å². The number of ketones is 1. The Morgan fingerprint density at radius 3 is 2.47 bits per heavy atom. The van der Waals surface area contributed by atoms with E-state index in [-0.39, 0.29) is 16.2 Å². The summed E-state index contributed by atoms with van der Waals surface area (Å²) in [6.07, 6.45) is 0. The molecule has 2 nitrogen and oxygen atoms in total. The molecule has 2 aromatic rings. The van der Waals surface area contributed by atoms with E-state index >= 15 is 0 Å². The van der Waals surface area contributed by atoms with Crippen molar-refractivity contribution < 1.29 is 17.8 Å². The molecule has 98 valence electrons. The van der Waals surface area contributed by atoms with Crippen LogP contribution in [0.4, 0.5) is 8.78 Å². The third-order valence-corrected chi connectivity index (χ3v) is 3.84. The number of carbonyl (C=O) groups excluding carboxylic acids is 1. The highest BCUT2D eigenvalue weighted by Crippen LogP contribution is 2.13. The molecule has 2 aromatic carbocycles. The molecule has 19 heavy (non-hydrogen) atoms. The van der Waals surface area contributed by atoms with Gasteiger partial charge in [-0.25, -0.2) is 8.78 Å². The van der Waals surface area contributed by atoms with Gasteiger partial charge in [-0.15, -0.1) is 0 Å². The molecule has 0 radical (unpaired) electrons. The summed E-state index contributed by atoms with van der Waals surface area (Å²) in [6.45, 7) is 0. The third kappa shape index (κ3) is 3.32. The largest absolute Gasteiger partial charge is 0.293 e. The second kappa shape index (κ2) is 5.84. The second-order valence-corrected chi connectivity index (χ2v) is 5.27. The van der Waals surface area contributed by atoms with Crippen molar-refractivity contribution in [1.82, 2.24) is 0 Å². The van der Waals surface area contributed by atoms with Crippen LogP contribution in [0.2, 0.25) is 0 Å². The Morgan fingerprint density at radius 1 is 1.05 bits per heavy atom. The molecule has 0 amide bonds. The highest BCUT2D eigenvalue weighted by molar-refractivity contribution is 7.85. The molecule has 2 rings (SSSR count). The van der Waals surface area contributed by atoms with Crippen molar-refractivity contribution in [3.05, 3.63) is 65.7 Å². The van der Waals surface area contributed by atoms with Crippen LogP contribution in [-0.2, 0) is 10.8 Å². The summed E-state index contributed by atoms with van der Waals surface area (Å²) >= 11 is 0. The summed E-state index contributed by atoms with van der Waals surface area (Å²) in [7, 11) is -1.78. The molecule has 0 aromatic heterocycles. The van der Waals surface area contributed by atoms with E-state index in [0.717, 1.165) is 6.07 Å². The highest BCUT2D eigenvalue weighted by Gasteiger charge is 2.15. The quantitative estimate of drug-likeness (QED) is 0.807. The summed E-state index contributed by atoms with van der Waals surface area (Å²) in [5, 5.41) is 0. The minimum Gasteiger partial charge on any atom is -0.293 e. The first-order chi connectivity index (χ1) is 9.08. The molecule has 0 saturated carbocycles. The number of Topliss-reactive ketones (excluding diaryl/α,β-unsaturated/α-hetero) is 1. The van der Waals surface area contributed by atoms with Gasteiger partial charge in [0.25, 0.3) is 0 Å². The minimum atomic E-state index is -1.78. The Balaban J connectivity index is 2.16. The Hall–Kier alpha value is -1.88. The normalized spacial score (nSPS) is 12.1. The predicted molar refractivity (Wildman–Crippen MR) is 68.4 cm³/mol. The first-order valence-electron chi connectivity index (χ1n) is 5.49. The fraction of sp³-hybridized carbons (Fsp3) is 0.0714. The fourth-order valence-corrected chi connectivity index (χ4v) is 2.65. The van der Waals surface area contributed by atoms with Crippen molar-refractivity contribution in [2.45, 2.75) is 4.90 Å². The van der Waals surface area contributed by atoms with Crippen molar-refractivity contribution in [2.75, 3.05) is 5.75 Å². The summed E-state index contributed by atoms with van der Waals surface area (Å²) in [4.78, 5) is 11.8. The smallest absolute Gasteiger partial charge is 0.175 e. The van der Waals surface area contributed by atoms with E-state index in [1.54, 1.807) is 6.07 Å². The summed E-state index contributed by atoms with van der Waals surface area (Å²) < 4.78 is 38.2. The van der Waals surface area contributed by atoms with Crippen molar-refractivity contribution in [3.8, 4) is 0 Å². The van der Waals surface area contributed by atoms with E-state index in [4.69, 9.17) is 0 Å². The van der Waals surface area contributed by atoms with Gasteiger partial charge in [0.05, 0.1) is 21.4 Å². The third-order valence-electron chi connectivity index (χ3n) is 2.49. The Kier molecular flexibility index (Phi) is 4.16. The first kappa shape index (κ1) is 13.5. The molecular formula is C14H10F2O2S. The molecule has 0 fully saturated rings. The van der Waals surface area contributed by atoms with Gasteiger partial charge in [0.2, 0.25) is 0 Å². The molecule has 0 aliphatic heterocycles. The van der Waals surface area contributed by atoms with Crippen LogP contribution >= 0.6 is 0 Å². The lowest BCUT2D eigenvalue weighted by molar-refractivity contribution is 0.102. The molecule has 0 aliphatic rings. The number of rotatable bonds is 4. The Bertz CT molecular complexity index is 641. The SMILES string of the molecule is O=C(CS(=O)c1ccccc1F)c1cccc(F)c1. The van der Waals surface area contributed by atoms with Gasteiger partial charge < -0.3 is 0 Å². The van der Waals surface area contributed by atoms with Gasteiger partial charge in [-0.3, -0.25) is 9.00 Å². The van der Waals surface area contributed by atoms with Gasteiger partial charge in [-0.1, -0.05) is 24.3 Å². The Labute approximate surface area is 111 Å². The number of hydrogen-bond acceptors (Lipinski definition) is 2. The van der Waals surface area contributed by atoms with Gasteiger partial charge in [0.15, 0.2) is 5.78 Å². The molecule has 0 spiro atoms. The Morgan fingerprint density at radius 2 is 1.79 bits per heavy atom. The van der Waals surface area contributed by atoms with Crippen LogP contribution in [0.25, 0.3) is 0 Å². The number of halogens is 2. The molecule has 0 aliphatic carbocycles. The lowest BCUT2D eigenvalue weighted by Gasteiger charge is -2.03. The molecule has 0 N–H and O–H groups in total. The maximum atomic E-state index is 13.4. The second-order valence-electron chi connectivity index (χ2n) is 3.85. The van der Waals surface area contributed by atoms with Crippen molar-refractivity contribution >= 4 is 16.6 Å². The van der Waals surface area contributed by atoms with E-state index in [1.807, 2.05) is 0 Å². The number of carbonyl (C=O) groups is 1. The number of hydrogen-bond donors (Lipinski definition) is 0. The van der Waals surface area contributed by atoms with E-state index < -0.39 is 28.2 Å². The summed E-state index contributed by atoms with van der Waals surface area (Å²) in [5.41, 5.74) is 0.129. The molecule has 1 unspecified atom stereocenters. The molecule has 1 atom stereocenters. The summed E-state index contributed by atoms with van der Waals surface area (Å²) in [5.74, 6) is -2.01. The van der Waals surface area contributed by atoms with Crippen LogP contribution < -0.4 is 0 Å². The van der Waals surface area contributed by atoms with Gasteiger partial charge in [0.1, 0.15) is 11.6 Å². The van der Waals surface area contributed by atoms with Gasteiger partial charge in [-0.05, 0) is 24.3 Å². The number of benzene rings is 2. The van der Waals surface area contributed by atoms with Crippen molar-refractivity contribution in [3.63, 3.8) is 0 Å². The zero-order valence-corrected chi connectivity index (χ0v) is 10.6. The van der Waals surface area contributed by atoms with Crippen LogP contribution in [0.5, 0.6) is 0 Å². The summed E-state index contributed by atoms with van der Waals surface area (Å²) in [6, 6.07) is 10.7. The molecule has 0 saturated heterocycles. The van der Waals surface area contributed by atoms with E-state index in [2.05, 4.69) is 0 Å². The van der Waals surface area contributed by atoms with E-state index in [1.165, 1.54) is 36.4 Å². The first-order valence-corrected chi connectivity index (χ1v) is 6.81. The van der Waals surface area contributed by atoms with Crippen LogP contribution in [0.15, 0.2) is 53.4 Å². The lowest BCUT2D eigenvalue weighted by Crippen LogP contribution is -2.12. The predicted octanol–water partition coefficient (Wildman–Crippen LogP) is 2.96. The van der Waals surface area contributed by atoms with Gasteiger partial charge in [-0.2, -0.15) is 0 Å². The molecule has 0 bridgehead atoms. The molecule has 0 heterocycles. The lowest BCUT2D eigenvalue weighted by atomic mass is 10.1. The minimum absolute atomic E-state index is 0.0211. The fourth-order valence-electron chi connectivity index (χ4n) is 1.57. The zero-order valence-electron chi connectivity index (χ0n) is 9.81.